The summed E-state index contributed by atoms with van der Waals surface area (Å²) in [5.41, 5.74) is 2.08. The van der Waals surface area contributed by atoms with Crippen LogP contribution >= 0.6 is 0 Å². The molecule has 0 bridgehead atoms. The fourth-order valence-electron chi connectivity index (χ4n) is 1.72. The van der Waals surface area contributed by atoms with Crippen LogP contribution in [0.25, 0.3) is 11.3 Å². The van der Waals surface area contributed by atoms with Gasteiger partial charge in [0.25, 0.3) is 0 Å². The third-order valence-electron chi connectivity index (χ3n) is 2.73. The van der Waals surface area contributed by atoms with Crippen LogP contribution in [-0.4, -0.2) is 11.6 Å². The van der Waals surface area contributed by atoms with Gasteiger partial charge in [0.1, 0.15) is 5.75 Å². The van der Waals surface area contributed by atoms with Gasteiger partial charge in [0.15, 0.2) is 0 Å². The number of hydrogen-bond donors (Lipinski definition) is 0. The first kappa shape index (κ1) is 11.3. The molecule has 0 unspecified atom stereocenters. The molecule has 2 heteroatoms. The molecule has 0 aliphatic carbocycles. The number of rotatable bonds is 6. The van der Waals surface area contributed by atoms with Gasteiger partial charge in [0.05, 0.1) is 12.3 Å². The van der Waals surface area contributed by atoms with Crippen LogP contribution in [0.5, 0.6) is 5.75 Å². The molecule has 0 aliphatic heterocycles. The van der Waals surface area contributed by atoms with E-state index in [1.165, 1.54) is 0 Å². The van der Waals surface area contributed by atoms with Gasteiger partial charge in [-0.1, -0.05) is 25.8 Å². The normalized spacial score (nSPS) is 11.0. The molecule has 1 aromatic heterocycles. The minimum absolute atomic E-state index is 0.513. The van der Waals surface area contributed by atoms with Crippen LogP contribution in [0, 0.1) is 0 Å². The monoisotopic (exact) mass is 242 g/mol. The summed E-state index contributed by atoms with van der Waals surface area (Å²) in [7, 11) is 0. The summed E-state index contributed by atoms with van der Waals surface area (Å²) in [6, 6.07) is 13.9. The summed E-state index contributed by atoms with van der Waals surface area (Å²) < 4.78 is 12.7. The molecular weight excluding hydrogens is 222 g/mol. The molecule has 0 atom stereocenters. The lowest BCUT2D eigenvalue weighted by molar-refractivity contribution is 0.306. The second kappa shape index (κ2) is 6.80. The summed E-state index contributed by atoms with van der Waals surface area (Å²) in [5.74, 6) is 0.894. The molecule has 0 spiro atoms. The first-order chi connectivity index (χ1) is 9.40. The Kier molecular flexibility index (Phi) is 4.26. The Labute approximate surface area is 110 Å². The molecule has 0 radical (unpaired) electrons. The molecule has 0 aliphatic rings. The molecule has 1 heterocycles. The molecular formula is C16H19NO. The van der Waals surface area contributed by atoms with Crippen molar-refractivity contribution in [3.05, 3.63) is 48.7 Å². The van der Waals surface area contributed by atoms with Crippen LogP contribution in [0.3, 0.4) is 0 Å². The van der Waals surface area contributed by atoms with Crippen LogP contribution in [0.1, 0.15) is 27.5 Å². The Balaban J connectivity index is 1.85. The topological polar surface area (TPSA) is 22.1 Å². The quantitative estimate of drug-likeness (QED) is 0.704. The molecule has 2 nitrogen and oxygen atoms in total. The van der Waals surface area contributed by atoms with E-state index < -0.39 is 0 Å². The van der Waals surface area contributed by atoms with Gasteiger partial charge in [0.2, 0.25) is 0 Å². The Morgan fingerprint density at radius 1 is 1.11 bits per heavy atom. The summed E-state index contributed by atoms with van der Waals surface area (Å²) in [6.45, 7) is 1.24. The van der Waals surface area contributed by atoms with Crippen LogP contribution in [0.15, 0.2) is 48.7 Å². The van der Waals surface area contributed by atoms with E-state index in [4.69, 9.17) is 6.11 Å². The Hall–Kier alpha value is -1.83. The van der Waals surface area contributed by atoms with Crippen LogP contribution in [-0.2, 0) is 0 Å². The Bertz CT molecular complexity index is 470. The van der Waals surface area contributed by atoms with Crippen molar-refractivity contribution in [2.24, 2.45) is 0 Å². The van der Waals surface area contributed by atoms with Gasteiger partial charge in [0, 0.05) is 13.1 Å². The van der Waals surface area contributed by atoms with Gasteiger partial charge in [-0.25, -0.2) is 0 Å². The fraction of sp³-hybridized carbons (Fsp3) is 0.312. The molecule has 0 amide bonds. The maximum absolute atomic E-state index is 7.06. The number of benzene rings is 1. The zero-order valence-corrected chi connectivity index (χ0v) is 10.5. The second-order valence-corrected chi connectivity index (χ2v) is 4.15. The number of nitrogens with zero attached hydrogens (tertiary/aromatic N) is 1. The predicted molar refractivity (Wildman–Crippen MR) is 74.7 cm³/mol. The third-order valence-corrected chi connectivity index (χ3v) is 2.73. The molecule has 0 saturated carbocycles. The average molecular weight is 242 g/mol. The van der Waals surface area contributed by atoms with Gasteiger partial charge in [-0.2, -0.15) is 0 Å². The van der Waals surface area contributed by atoms with Crippen LogP contribution < -0.4 is 4.74 Å². The van der Waals surface area contributed by atoms with Crippen molar-refractivity contribution in [3.63, 3.8) is 0 Å². The van der Waals surface area contributed by atoms with Crippen molar-refractivity contribution in [3.8, 4) is 17.0 Å². The molecule has 0 saturated heterocycles. The minimum atomic E-state index is 0.513. The Morgan fingerprint density at radius 2 is 2.00 bits per heavy atom. The first-order valence-electron chi connectivity index (χ1n) is 7.04. The van der Waals surface area contributed by atoms with E-state index >= 15 is 0 Å². The van der Waals surface area contributed by atoms with E-state index in [2.05, 4.69) is 4.98 Å². The lowest BCUT2D eigenvalue weighted by Crippen LogP contribution is -1.96. The van der Waals surface area contributed by atoms with Gasteiger partial charge in [-0.3, -0.25) is 4.98 Å². The average Bonchev–Trinajstić information content (AvgIpc) is 2.49. The van der Waals surface area contributed by atoms with Crippen molar-refractivity contribution in [2.75, 3.05) is 6.61 Å². The first-order valence-corrected chi connectivity index (χ1v) is 6.33. The second-order valence-electron chi connectivity index (χ2n) is 4.15. The molecule has 2 rings (SSSR count). The highest BCUT2D eigenvalue weighted by atomic mass is 16.5. The number of pyridine rings is 1. The predicted octanol–water partition coefficient (Wildman–Crippen LogP) is 4.32. The summed E-state index contributed by atoms with van der Waals surface area (Å²) in [6.07, 6.45) is 4.84. The number of aromatic nitrogens is 1. The maximum atomic E-state index is 7.06. The lowest BCUT2D eigenvalue weighted by Gasteiger charge is -2.06. The van der Waals surface area contributed by atoms with Gasteiger partial charge >= 0.3 is 0 Å². The largest absolute Gasteiger partial charge is 0.494 e. The Morgan fingerprint density at radius 3 is 2.72 bits per heavy atom. The van der Waals surface area contributed by atoms with Gasteiger partial charge in [-0.15, -0.1) is 0 Å². The standard InChI is InChI=1S/C16H19NO/c1-2-3-6-13-18-15-10-8-14(9-11-15)16-7-4-5-12-17-16/h4-5,7-12H,2-3,6,13H2,1H3/i1D. The zero-order valence-electron chi connectivity index (χ0n) is 11.5. The van der Waals surface area contributed by atoms with Crippen molar-refractivity contribution in [1.82, 2.24) is 4.98 Å². The van der Waals surface area contributed by atoms with E-state index in [0.717, 1.165) is 42.9 Å². The molecule has 2 aromatic rings. The van der Waals surface area contributed by atoms with Crippen molar-refractivity contribution in [1.29, 1.82) is 0 Å². The highest BCUT2D eigenvalue weighted by Crippen LogP contribution is 2.20. The lowest BCUT2D eigenvalue weighted by atomic mass is 10.1. The molecule has 18 heavy (non-hydrogen) atoms. The highest BCUT2D eigenvalue weighted by molar-refractivity contribution is 5.59. The smallest absolute Gasteiger partial charge is 0.119 e. The van der Waals surface area contributed by atoms with Crippen molar-refractivity contribution in [2.45, 2.75) is 26.2 Å². The van der Waals surface area contributed by atoms with E-state index in [1.54, 1.807) is 6.20 Å². The highest BCUT2D eigenvalue weighted by Gasteiger charge is 1.99. The summed E-state index contributed by atoms with van der Waals surface area (Å²) in [5, 5.41) is 0. The van der Waals surface area contributed by atoms with Crippen molar-refractivity contribution >= 4 is 0 Å². The van der Waals surface area contributed by atoms with E-state index in [-0.39, 0.29) is 0 Å². The van der Waals surface area contributed by atoms with Crippen LogP contribution in [0.4, 0.5) is 0 Å². The maximum Gasteiger partial charge on any atom is 0.119 e. The number of unbranched alkanes of at least 4 members (excludes halogenated alkanes) is 2. The van der Waals surface area contributed by atoms with E-state index in [9.17, 15) is 0 Å². The molecule has 0 fully saturated rings. The molecule has 1 aromatic carbocycles. The number of ether oxygens (including phenoxy) is 1. The third kappa shape index (κ3) is 3.59. The van der Waals surface area contributed by atoms with Gasteiger partial charge < -0.3 is 4.74 Å². The summed E-state index contributed by atoms with van der Waals surface area (Å²) in [4.78, 5) is 4.32. The zero-order chi connectivity index (χ0) is 13.3. The summed E-state index contributed by atoms with van der Waals surface area (Å²) >= 11 is 0. The number of hydrogen-bond acceptors (Lipinski definition) is 2. The van der Waals surface area contributed by atoms with Gasteiger partial charge in [-0.05, 0) is 42.8 Å². The molecule has 0 N–H and O–H groups in total. The van der Waals surface area contributed by atoms with Crippen molar-refractivity contribution < 1.29 is 6.11 Å². The fourth-order valence-corrected chi connectivity index (χ4v) is 1.72. The SMILES string of the molecule is [2H]CCCCCOc1ccc(-c2ccccn2)cc1. The minimum Gasteiger partial charge on any atom is -0.494 e. The van der Waals surface area contributed by atoms with Crippen LogP contribution in [0.2, 0.25) is 0 Å². The molecule has 94 valence electrons. The van der Waals surface area contributed by atoms with E-state index in [1.807, 2.05) is 42.5 Å². The van der Waals surface area contributed by atoms with E-state index in [0.29, 0.717) is 6.90 Å².